The van der Waals surface area contributed by atoms with Gasteiger partial charge in [0.1, 0.15) is 5.82 Å². The Labute approximate surface area is 119 Å². The fraction of sp³-hybridized carbons (Fsp3) is 0.571. The number of aryl methyl sites for hydroxylation is 1. The van der Waals surface area contributed by atoms with Crippen LogP contribution in [0.4, 0.5) is 4.39 Å². The molecule has 0 aliphatic heterocycles. The Morgan fingerprint density at radius 1 is 1.40 bits per heavy atom. The number of benzene rings is 1. The van der Waals surface area contributed by atoms with Crippen LogP contribution in [0.2, 0.25) is 0 Å². The van der Waals surface area contributed by atoms with Crippen molar-refractivity contribution < 1.29 is 17.9 Å². The lowest BCUT2D eigenvalue weighted by molar-refractivity contribution is 0.115. The van der Waals surface area contributed by atoms with E-state index in [-0.39, 0.29) is 22.9 Å². The smallest absolute Gasteiger partial charge is 0.240 e. The molecule has 1 atom stereocenters. The van der Waals surface area contributed by atoms with Crippen molar-refractivity contribution in [3.05, 3.63) is 29.6 Å². The number of nitrogens with one attached hydrogen (secondary N) is 1. The van der Waals surface area contributed by atoms with E-state index in [4.69, 9.17) is 0 Å². The highest BCUT2D eigenvalue weighted by Crippen LogP contribution is 2.27. The molecule has 1 aromatic carbocycles. The van der Waals surface area contributed by atoms with Gasteiger partial charge in [-0.25, -0.2) is 17.5 Å². The van der Waals surface area contributed by atoms with Crippen LogP contribution in [0.3, 0.4) is 0 Å². The van der Waals surface area contributed by atoms with E-state index >= 15 is 0 Å². The van der Waals surface area contributed by atoms with Crippen molar-refractivity contribution in [3.63, 3.8) is 0 Å². The highest BCUT2D eigenvalue weighted by molar-refractivity contribution is 7.89. The van der Waals surface area contributed by atoms with E-state index in [0.717, 1.165) is 31.7 Å². The molecule has 0 bridgehead atoms. The quantitative estimate of drug-likeness (QED) is 0.874. The summed E-state index contributed by atoms with van der Waals surface area (Å²) in [6.45, 7) is 1.52. The van der Waals surface area contributed by atoms with Crippen LogP contribution in [-0.2, 0) is 10.0 Å². The van der Waals surface area contributed by atoms with Gasteiger partial charge in [0, 0.05) is 6.54 Å². The molecule has 1 aromatic rings. The molecule has 2 N–H and O–H groups in total. The SMILES string of the molecule is Cc1cc(S(=O)(=O)NCC(O)C2CCCC2)ccc1F. The predicted octanol–water partition coefficient (Wildman–Crippen LogP) is 1.96. The second kappa shape index (κ2) is 6.20. The molecule has 4 nitrogen and oxygen atoms in total. The normalized spacial score (nSPS) is 18.4. The monoisotopic (exact) mass is 301 g/mol. The number of aliphatic hydroxyl groups excluding tert-OH is 1. The summed E-state index contributed by atoms with van der Waals surface area (Å²) in [5.74, 6) is -0.261. The van der Waals surface area contributed by atoms with Gasteiger partial charge in [0.25, 0.3) is 0 Å². The predicted molar refractivity (Wildman–Crippen MR) is 74.3 cm³/mol. The van der Waals surface area contributed by atoms with Gasteiger partial charge >= 0.3 is 0 Å². The van der Waals surface area contributed by atoms with Gasteiger partial charge in [0.05, 0.1) is 11.0 Å². The van der Waals surface area contributed by atoms with Crippen LogP contribution in [0, 0.1) is 18.7 Å². The number of hydrogen-bond acceptors (Lipinski definition) is 3. The van der Waals surface area contributed by atoms with Gasteiger partial charge in [-0.2, -0.15) is 0 Å². The van der Waals surface area contributed by atoms with E-state index in [1.807, 2.05) is 0 Å². The summed E-state index contributed by atoms with van der Waals surface area (Å²) in [4.78, 5) is 0.0232. The number of rotatable bonds is 5. The molecule has 2 rings (SSSR count). The van der Waals surface area contributed by atoms with Crippen molar-refractivity contribution in [3.8, 4) is 0 Å². The molecule has 0 amide bonds. The molecule has 1 aliphatic carbocycles. The first kappa shape index (κ1) is 15.4. The highest BCUT2D eigenvalue weighted by Gasteiger charge is 2.25. The van der Waals surface area contributed by atoms with Gasteiger partial charge in [-0.3, -0.25) is 0 Å². The Morgan fingerprint density at radius 2 is 2.05 bits per heavy atom. The zero-order valence-corrected chi connectivity index (χ0v) is 12.3. The van der Waals surface area contributed by atoms with Gasteiger partial charge in [0.15, 0.2) is 0 Å². The summed E-state index contributed by atoms with van der Waals surface area (Å²) >= 11 is 0. The lowest BCUT2D eigenvalue weighted by Gasteiger charge is -2.18. The number of halogens is 1. The Kier molecular flexibility index (Phi) is 4.78. The van der Waals surface area contributed by atoms with Gasteiger partial charge in [0.2, 0.25) is 10.0 Å². The van der Waals surface area contributed by atoms with Gasteiger partial charge in [-0.15, -0.1) is 0 Å². The van der Waals surface area contributed by atoms with Crippen molar-refractivity contribution >= 4 is 10.0 Å². The number of sulfonamides is 1. The van der Waals surface area contributed by atoms with Crippen molar-refractivity contribution in [1.29, 1.82) is 0 Å². The topological polar surface area (TPSA) is 66.4 Å². The zero-order chi connectivity index (χ0) is 14.8. The van der Waals surface area contributed by atoms with Crippen LogP contribution in [0.15, 0.2) is 23.1 Å². The Balaban J connectivity index is 2.01. The molecular formula is C14H20FNO3S. The van der Waals surface area contributed by atoms with Crippen LogP contribution in [-0.4, -0.2) is 26.2 Å². The maximum Gasteiger partial charge on any atom is 0.240 e. The fourth-order valence-electron chi connectivity index (χ4n) is 2.57. The minimum Gasteiger partial charge on any atom is -0.391 e. The number of aliphatic hydroxyl groups is 1. The molecule has 1 aliphatic rings. The lowest BCUT2D eigenvalue weighted by Crippen LogP contribution is -2.35. The molecule has 0 spiro atoms. The molecule has 0 aromatic heterocycles. The molecule has 1 unspecified atom stereocenters. The third-order valence-electron chi connectivity index (χ3n) is 3.87. The van der Waals surface area contributed by atoms with Crippen LogP contribution in [0.1, 0.15) is 31.2 Å². The standard InChI is InChI=1S/C14H20FNO3S/c1-10-8-12(6-7-13(10)15)20(18,19)16-9-14(17)11-4-2-3-5-11/h6-8,11,14,16-17H,2-5,9H2,1H3. The van der Waals surface area contributed by atoms with Crippen molar-refractivity contribution in [2.45, 2.75) is 43.6 Å². The second-order valence-corrected chi connectivity index (χ2v) is 7.14. The van der Waals surface area contributed by atoms with E-state index in [2.05, 4.69) is 4.72 Å². The maximum atomic E-state index is 13.2. The summed E-state index contributed by atoms with van der Waals surface area (Å²) in [5.41, 5.74) is 0.282. The summed E-state index contributed by atoms with van der Waals surface area (Å²) in [6, 6.07) is 3.66. The van der Waals surface area contributed by atoms with Crippen molar-refractivity contribution in [2.24, 2.45) is 5.92 Å². The third kappa shape index (κ3) is 3.56. The molecule has 20 heavy (non-hydrogen) atoms. The van der Waals surface area contributed by atoms with Gasteiger partial charge < -0.3 is 5.11 Å². The first-order valence-corrected chi connectivity index (χ1v) is 8.32. The van der Waals surface area contributed by atoms with E-state index in [0.29, 0.717) is 0 Å². The molecule has 0 heterocycles. The minimum absolute atomic E-state index is 0.00340. The van der Waals surface area contributed by atoms with E-state index in [1.54, 1.807) is 0 Å². The summed E-state index contributed by atoms with van der Waals surface area (Å²) in [5, 5.41) is 9.97. The van der Waals surface area contributed by atoms with Crippen LogP contribution >= 0.6 is 0 Å². The van der Waals surface area contributed by atoms with E-state index in [1.165, 1.54) is 19.1 Å². The Bertz CT molecular complexity index is 568. The van der Waals surface area contributed by atoms with Crippen LogP contribution < -0.4 is 4.72 Å². The third-order valence-corrected chi connectivity index (χ3v) is 5.29. The van der Waals surface area contributed by atoms with Gasteiger partial charge in [-0.05, 0) is 49.4 Å². The largest absolute Gasteiger partial charge is 0.391 e. The number of hydrogen-bond donors (Lipinski definition) is 2. The highest BCUT2D eigenvalue weighted by atomic mass is 32.2. The summed E-state index contributed by atoms with van der Waals surface area (Å²) in [7, 11) is -3.70. The molecule has 1 fully saturated rings. The van der Waals surface area contributed by atoms with E-state index < -0.39 is 21.9 Å². The van der Waals surface area contributed by atoms with E-state index in [9.17, 15) is 17.9 Å². The first-order chi connectivity index (χ1) is 9.40. The maximum absolute atomic E-state index is 13.2. The second-order valence-electron chi connectivity index (χ2n) is 5.37. The van der Waals surface area contributed by atoms with Crippen LogP contribution in [0.25, 0.3) is 0 Å². The minimum atomic E-state index is -3.70. The molecule has 6 heteroatoms. The Morgan fingerprint density at radius 3 is 2.65 bits per heavy atom. The molecule has 112 valence electrons. The summed E-state index contributed by atoms with van der Waals surface area (Å²) in [6.07, 6.45) is 3.41. The molecule has 0 saturated heterocycles. The van der Waals surface area contributed by atoms with Crippen LogP contribution in [0.5, 0.6) is 0 Å². The average molecular weight is 301 g/mol. The Hall–Kier alpha value is -0.980. The molecular weight excluding hydrogens is 281 g/mol. The zero-order valence-electron chi connectivity index (χ0n) is 11.5. The van der Waals surface area contributed by atoms with Gasteiger partial charge in [-0.1, -0.05) is 12.8 Å². The average Bonchev–Trinajstić information content (AvgIpc) is 2.93. The first-order valence-electron chi connectivity index (χ1n) is 6.84. The van der Waals surface area contributed by atoms with Crippen molar-refractivity contribution in [2.75, 3.05) is 6.54 Å². The summed E-state index contributed by atoms with van der Waals surface area (Å²) < 4.78 is 39.7. The molecule has 1 saturated carbocycles. The fourth-order valence-corrected chi connectivity index (χ4v) is 3.71. The lowest BCUT2D eigenvalue weighted by atomic mass is 10.0. The van der Waals surface area contributed by atoms with Crippen molar-refractivity contribution in [1.82, 2.24) is 4.72 Å². The molecule has 0 radical (unpaired) electrons.